The van der Waals surface area contributed by atoms with Gasteiger partial charge in [-0.1, -0.05) is 36.4 Å². The molecular weight excluding hydrogens is 434 g/mol. The topological polar surface area (TPSA) is 142 Å². The summed E-state index contributed by atoms with van der Waals surface area (Å²) in [5.41, 5.74) is 14.4. The van der Waals surface area contributed by atoms with Gasteiger partial charge in [0.25, 0.3) is 11.8 Å². The van der Waals surface area contributed by atoms with E-state index in [-0.39, 0.29) is 31.4 Å². The van der Waals surface area contributed by atoms with Crippen molar-refractivity contribution >= 4 is 40.8 Å². The van der Waals surface area contributed by atoms with Crippen LogP contribution >= 0.6 is 0 Å². The molecule has 34 heavy (non-hydrogen) atoms. The summed E-state index contributed by atoms with van der Waals surface area (Å²) in [7, 11) is 0. The Morgan fingerprint density at radius 2 is 1.68 bits per heavy atom. The Kier molecular flexibility index (Phi) is 6.26. The number of fused-ring (bicyclic) bond motifs is 1. The molecule has 0 atom stereocenters. The molecule has 1 heterocycles. The largest absolute Gasteiger partial charge is 0.481 e. The predicted molar refractivity (Wildman–Crippen MR) is 129 cm³/mol. The highest BCUT2D eigenvalue weighted by molar-refractivity contribution is 6.13. The zero-order chi connectivity index (χ0) is 24.2. The van der Waals surface area contributed by atoms with Gasteiger partial charge in [-0.05, 0) is 47.5 Å². The Labute approximate surface area is 195 Å². The summed E-state index contributed by atoms with van der Waals surface area (Å²) in [6.07, 6.45) is -0.264. The molecule has 1 aliphatic heterocycles. The van der Waals surface area contributed by atoms with Crippen LogP contribution in [-0.4, -0.2) is 46.8 Å². The number of hydrogen-bond donors (Lipinski definition) is 3. The van der Waals surface area contributed by atoms with Crippen LogP contribution in [-0.2, 0) is 9.59 Å². The van der Waals surface area contributed by atoms with E-state index in [0.29, 0.717) is 22.6 Å². The van der Waals surface area contributed by atoms with Crippen LogP contribution in [0, 0.1) is 0 Å². The van der Waals surface area contributed by atoms with E-state index in [1.54, 1.807) is 54.6 Å². The number of carboxylic acid groups (broad SMARTS) is 1. The molecule has 0 saturated heterocycles. The molecule has 3 aromatic rings. The minimum atomic E-state index is -1.05. The normalized spacial score (nSPS) is 13.3. The molecule has 0 bridgehead atoms. The maximum absolute atomic E-state index is 13.5. The second kappa shape index (κ2) is 9.45. The zero-order valence-corrected chi connectivity index (χ0v) is 18.2. The summed E-state index contributed by atoms with van der Waals surface area (Å²) in [5, 5.41) is 9.11. The number of guanidine groups is 1. The molecule has 0 saturated carbocycles. The van der Waals surface area contributed by atoms with Crippen molar-refractivity contribution in [3.05, 3.63) is 78.4 Å². The van der Waals surface area contributed by atoms with Gasteiger partial charge in [-0.2, -0.15) is 0 Å². The molecule has 2 amide bonds. The average molecular weight is 457 g/mol. The van der Waals surface area contributed by atoms with Gasteiger partial charge in [0.05, 0.1) is 23.4 Å². The number of nitrogens with zero attached hydrogens (tertiary/aromatic N) is 3. The lowest BCUT2D eigenvalue weighted by molar-refractivity contribution is -0.137. The van der Waals surface area contributed by atoms with Crippen molar-refractivity contribution in [1.82, 2.24) is 4.90 Å². The molecule has 0 unspecified atom stereocenters. The van der Waals surface area contributed by atoms with E-state index in [2.05, 4.69) is 4.99 Å². The van der Waals surface area contributed by atoms with Gasteiger partial charge in [0.15, 0.2) is 5.96 Å². The summed E-state index contributed by atoms with van der Waals surface area (Å²) in [4.78, 5) is 44.7. The van der Waals surface area contributed by atoms with E-state index < -0.39 is 11.9 Å². The lowest BCUT2D eigenvalue weighted by atomic mass is 10.00. The highest BCUT2D eigenvalue weighted by Gasteiger charge is 2.32. The maximum atomic E-state index is 13.5. The minimum absolute atomic E-state index is 0.0691. The molecule has 9 nitrogen and oxygen atoms in total. The second-order valence-electron chi connectivity index (χ2n) is 7.75. The fourth-order valence-corrected chi connectivity index (χ4v) is 3.87. The number of amides is 2. The summed E-state index contributed by atoms with van der Waals surface area (Å²) in [6.45, 7) is -0.308. The number of aliphatic imine (C=N–C) groups is 1. The zero-order valence-electron chi connectivity index (χ0n) is 18.2. The second-order valence-corrected chi connectivity index (χ2v) is 7.75. The standard InChI is InChI=1S/C25H23N5O4/c26-25(27)28-18-6-4-5-16(13-18)17-9-10-21-20(14-17)24(34)29(12-11-23(32)33)15-22(31)30(21)19-7-2-1-3-8-19/h1-10,13-14H,11-12,15H2,(H,32,33)(H4,26,27,28). The SMILES string of the molecule is NC(N)=Nc1cccc(-c2ccc3c(c2)C(=O)N(CCC(=O)O)CC(=O)N3c2ccccc2)c1. The van der Waals surface area contributed by atoms with Gasteiger partial charge in [-0.3, -0.25) is 19.3 Å². The van der Waals surface area contributed by atoms with Crippen LogP contribution in [0.4, 0.5) is 17.1 Å². The summed E-state index contributed by atoms with van der Waals surface area (Å²) >= 11 is 0. The molecule has 0 radical (unpaired) electrons. The Morgan fingerprint density at radius 1 is 0.941 bits per heavy atom. The van der Waals surface area contributed by atoms with Crippen molar-refractivity contribution in [2.75, 3.05) is 18.0 Å². The smallest absolute Gasteiger partial charge is 0.305 e. The van der Waals surface area contributed by atoms with Crippen LogP contribution in [0.3, 0.4) is 0 Å². The first kappa shape index (κ1) is 22.5. The fourth-order valence-electron chi connectivity index (χ4n) is 3.87. The highest BCUT2D eigenvalue weighted by Crippen LogP contribution is 2.35. The molecule has 4 rings (SSSR count). The van der Waals surface area contributed by atoms with E-state index in [0.717, 1.165) is 11.1 Å². The van der Waals surface area contributed by atoms with Crippen LogP contribution < -0.4 is 16.4 Å². The number of carbonyl (C=O) groups is 3. The van der Waals surface area contributed by atoms with E-state index in [9.17, 15) is 14.4 Å². The first-order valence-electron chi connectivity index (χ1n) is 10.6. The van der Waals surface area contributed by atoms with Gasteiger partial charge >= 0.3 is 5.97 Å². The van der Waals surface area contributed by atoms with Gasteiger partial charge in [-0.15, -0.1) is 0 Å². The lowest BCUT2D eigenvalue weighted by Gasteiger charge is -2.23. The van der Waals surface area contributed by atoms with Gasteiger partial charge in [0, 0.05) is 12.2 Å². The molecule has 9 heteroatoms. The lowest BCUT2D eigenvalue weighted by Crippen LogP contribution is -2.38. The summed E-state index contributed by atoms with van der Waals surface area (Å²) in [6, 6.07) is 21.4. The van der Waals surface area contributed by atoms with E-state index in [4.69, 9.17) is 16.6 Å². The molecule has 0 fully saturated rings. The minimum Gasteiger partial charge on any atom is -0.481 e. The van der Waals surface area contributed by atoms with Gasteiger partial charge in [-0.25, -0.2) is 4.99 Å². The van der Waals surface area contributed by atoms with Gasteiger partial charge in [0.1, 0.15) is 6.54 Å². The van der Waals surface area contributed by atoms with Crippen LogP contribution in [0.5, 0.6) is 0 Å². The number of hydrogen-bond acceptors (Lipinski definition) is 4. The first-order chi connectivity index (χ1) is 16.3. The Hall–Kier alpha value is -4.66. The van der Waals surface area contributed by atoms with Crippen molar-refractivity contribution in [3.8, 4) is 11.1 Å². The third-order valence-corrected chi connectivity index (χ3v) is 5.38. The summed E-state index contributed by atoms with van der Waals surface area (Å²) < 4.78 is 0. The van der Waals surface area contributed by atoms with E-state index >= 15 is 0 Å². The molecule has 1 aliphatic rings. The fraction of sp³-hybridized carbons (Fsp3) is 0.120. The Bertz CT molecular complexity index is 1290. The van der Waals surface area contributed by atoms with Crippen molar-refractivity contribution in [3.63, 3.8) is 0 Å². The molecule has 0 aromatic heterocycles. The molecule has 0 aliphatic carbocycles. The quantitative estimate of drug-likeness (QED) is 0.384. The third-order valence-electron chi connectivity index (χ3n) is 5.38. The van der Waals surface area contributed by atoms with Crippen LogP contribution in [0.2, 0.25) is 0 Å². The van der Waals surface area contributed by atoms with Crippen LogP contribution in [0.15, 0.2) is 77.8 Å². The molecule has 5 N–H and O–H groups in total. The van der Waals surface area contributed by atoms with Crippen molar-refractivity contribution in [2.45, 2.75) is 6.42 Å². The maximum Gasteiger partial charge on any atom is 0.305 e. The number of nitrogens with two attached hydrogens (primary N) is 2. The van der Waals surface area contributed by atoms with Crippen molar-refractivity contribution < 1.29 is 19.5 Å². The van der Waals surface area contributed by atoms with Crippen LogP contribution in [0.1, 0.15) is 16.8 Å². The number of carbonyl (C=O) groups excluding carboxylic acids is 2. The number of aliphatic carboxylic acids is 1. The number of para-hydroxylation sites is 1. The number of benzene rings is 3. The number of rotatable bonds is 6. The molecular formula is C25H23N5O4. The Balaban J connectivity index is 1.83. The summed E-state index contributed by atoms with van der Waals surface area (Å²) in [5.74, 6) is -1.85. The van der Waals surface area contributed by atoms with E-state index in [1.807, 2.05) is 18.2 Å². The number of carboxylic acids is 1. The predicted octanol–water partition coefficient (Wildman–Crippen LogP) is 2.85. The average Bonchev–Trinajstić information content (AvgIpc) is 2.91. The van der Waals surface area contributed by atoms with Gasteiger partial charge < -0.3 is 21.5 Å². The van der Waals surface area contributed by atoms with Crippen molar-refractivity contribution in [1.29, 1.82) is 0 Å². The number of anilines is 2. The highest BCUT2D eigenvalue weighted by atomic mass is 16.4. The van der Waals surface area contributed by atoms with E-state index in [1.165, 1.54) is 9.80 Å². The first-order valence-corrected chi connectivity index (χ1v) is 10.6. The van der Waals surface area contributed by atoms with Crippen molar-refractivity contribution in [2.24, 2.45) is 16.5 Å². The van der Waals surface area contributed by atoms with Crippen LogP contribution in [0.25, 0.3) is 11.1 Å². The monoisotopic (exact) mass is 457 g/mol. The molecule has 172 valence electrons. The molecule has 0 spiro atoms. The van der Waals surface area contributed by atoms with Gasteiger partial charge in [0.2, 0.25) is 0 Å². The third kappa shape index (κ3) is 4.73. The Morgan fingerprint density at radius 3 is 2.38 bits per heavy atom. The molecule has 3 aromatic carbocycles.